The van der Waals surface area contributed by atoms with E-state index in [-0.39, 0.29) is 24.3 Å². The van der Waals surface area contributed by atoms with E-state index in [9.17, 15) is 14.0 Å². The lowest BCUT2D eigenvalue weighted by atomic mass is 10.1. The van der Waals surface area contributed by atoms with Crippen LogP contribution in [0.1, 0.15) is 42.6 Å². The molecule has 6 heteroatoms. The normalized spacial score (nSPS) is 14.4. The molecule has 1 aliphatic rings. The van der Waals surface area contributed by atoms with Gasteiger partial charge in [-0.3, -0.25) is 9.69 Å². The van der Waals surface area contributed by atoms with Crippen LogP contribution < -0.4 is 10.2 Å². The fourth-order valence-corrected chi connectivity index (χ4v) is 3.37. The predicted molar refractivity (Wildman–Crippen MR) is 112 cm³/mol. The van der Waals surface area contributed by atoms with Gasteiger partial charge in [0.1, 0.15) is 5.82 Å². The molecule has 0 aromatic heterocycles. The predicted octanol–water partition coefficient (Wildman–Crippen LogP) is 4.43. The quantitative estimate of drug-likeness (QED) is 0.751. The molecule has 1 fully saturated rings. The molecule has 0 spiro atoms. The highest BCUT2D eigenvalue weighted by molar-refractivity contribution is 5.96. The largest absolute Gasteiger partial charge is 0.352 e. The average molecular weight is 397 g/mol. The minimum atomic E-state index is -0.301. The van der Waals surface area contributed by atoms with Crippen LogP contribution >= 0.6 is 0 Å². The van der Waals surface area contributed by atoms with Crippen LogP contribution in [-0.4, -0.2) is 36.5 Å². The number of benzene rings is 2. The second-order valence-electron chi connectivity index (χ2n) is 7.79. The Kier molecular flexibility index (Phi) is 6.86. The Morgan fingerprint density at radius 1 is 1.10 bits per heavy atom. The molecule has 0 radical (unpaired) electrons. The number of rotatable bonds is 7. The average Bonchev–Trinajstić information content (AvgIpc) is 2.71. The molecule has 154 valence electrons. The van der Waals surface area contributed by atoms with Gasteiger partial charge in [0.15, 0.2) is 0 Å². The number of carbonyl (C=O) groups is 2. The molecule has 3 amide bonds. The summed E-state index contributed by atoms with van der Waals surface area (Å²) in [6, 6.07) is 13.4. The number of hydrogen-bond acceptors (Lipinski definition) is 2. The van der Waals surface area contributed by atoms with Crippen molar-refractivity contribution in [3.63, 3.8) is 0 Å². The second kappa shape index (κ2) is 9.54. The number of halogens is 1. The summed E-state index contributed by atoms with van der Waals surface area (Å²) in [4.78, 5) is 28.5. The lowest BCUT2D eigenvalue weighted by molar-refractivity contribution is 0.0952. The molecular formula is C23H28FN3O2. The van der Waals surface area contributed by atoms with Gasteiger partial charge in [-0.05, 0) is 49.1 Å². The Morgan fingerprint density at radius 2 is 1.83 bits per heavy atom. The number of anilines is 1. The summed E-state index contributed by atoms with van der Waals surface area (Å²) in [5.41, 5.74) is 1.83. The Hall–Kier alpha value is -2.89. The van der Waals surface area contributed by atoms with E-state index in [2.05, 4.69) is 19.2 Å². The number of carbonyl (C=O) groups excluding carboxylic acids is 2. The zero-order valence-electron chi connectivity index (χ0n) is 17.0. The molecule has 1 saturated heterocycles. The van der Waals surface area contributed by atoms with Gasteiger partial charge in [0.25, 0.3) is 5.91 Å². The van der Waals surface area contributed by atoms with Crippen LogP contribution in [0.5, 0.6) is 0 Å². The minimum absolute atomic E-state index is 0.108. The summed E-state index contributed by atoms with van der Waals surface area (Å²) in [6.45, 7) is 6.33. The van der Waals surface area contributed by atoms with E-state index in [1.54, 1.807) is 52.3 Å². The van der Waals surface area contributed by atoms with Crippen LogP contribution in [0.15, 0.2) is 48.5 Å². The molecule has 2 aromatic rings. The molecular weight excluding hydrogens is 369 g/mol. The van der Waals surface area contributed by atoms with Gasteiger partial charge in [0.2, 0.25) is 0 Å². The van der Waals surface area contributed by atoms with Crippen LogP contribution in [0.3, 0.4) is 0 Å². The first-order valence-corrected chi connectivity index (χ1v) is 10.1. The number of urea groups is 1. The van der Waals surface area contributed by atoms with Crippen LogP contribution in [0, 0.1) is 11.7 Å². The van der Waals surface area contributed by atoms with Gasteiger partial charge >= 0.3 is 6.03 Å². The van der Waals surface area contributed by atoms with Crippen LogP contribution in [0.2, 0.25) is 0 Å². The molecule has 0 unspecified atom stereocenters. The van der Waals surface area contributed by atoms with Crippen LogP contribution in [-0.2, 0) is 6.54 Å². The van der Waals surface area contributed by atoms with E-state index in [1.165, 1.54) is 6.07 Å². The van der Waals surface area contributed by atoms with Crippen molar-refractivity contribution in [2.24, 2.45) is 5.92 Å². The zero-order chi connectivity index (χ0) is 20.8. The van der Waals surface area contributed by atoms with Gasteiger partial charge in [-0.25, -0.2) is 9.18 Å². The summed E-state index contributed by atoms with van der Waals surface area (Å²) in [6.07, 6.45) is 1.74. The van der Waals surface area contributed by atoms with E-state index in [0.29, 0.717) is 36.7 Å². The molecule has 29 heavy (non-hydrogen) atoms. The molecule has 0 bridgehead atoms. The van der Waals surface area contributed by atoms with Gasteiger partial charge < -0.3 is 10.2 Å². The highest BCUT2D eigenvalue weighted by Gasteiger charge is 2.27. The van der Waals surface area contributed by atoms with E-state index in [1.807, 2.05) is 0 Å². The van der Waals surface area contributed by atoms with Gasteiger partial charge in [-0.15, -0.1) is 0 Å². The van der Waals surface area contributed by atoms with E-state index in [4.69, 9.17) is 0 Å². The maximum absolute atomic E-state index is 14.0. The molecule has 0 aliphatic carbocycles. The highest BCUT2D eigenvalue weighted by atomic mass is 19.1. The SMILES string of the molecule is CC(C)CCNC(=O)c1ccc(N2CCCN(Cc3ccccc3F)C2=O)cc1. The van der Waals surface area contributed by atoms with Gasteiger partial charge in [-0.1, -0.05) is 32.0 Å². The Bertz CT molecular complexity index is 851. The van der Waals surface area contributed by atoms with Crippen LogP contribution in [0.25, 0.3) is 0 Å². The molecule has 2 aromatic carbocycles. The maximum atomic E-state index is 14.0. The summed E-state index contributed by atoms with van der Waals surface area (Å²) < 4.78 is 14.0. The number of hydrogen-bond donors (Lipinski definition) is 1. The van der Waals surface area contributed by atoms with Crippen LogP contribution in [0.4, 0.5) is 14.9 Å². The third-order valence-corrected chi connectivity index (χ3v) is 5.08. The molecule has 0 atom stereocenters. The summed E-state index contributed by atoms with van der Waals surface area (Å²) in [5, 5.41) is 2.91. The minimum Gasteiger partial charge on any atom is -0.352 e. The Balaban J connectivity index is 1.64. The standard InChI is InChI=1S/C23H28FN3O2/c1-17(2)12-13-25-22(28)18-8-10-20(11-9-18)27-15-5-14-26(23(27)29)16-19-6-3-4-7-21(19)24/h3-4,6-11,17H,5,12-16H2,1-2H3,(H,25,28). The highest BCUT2D eigenvalue weighted by Crippen LogP contribution is 2.22. The monoisotopic (exact) mass is 397 g/mol. The first-order valence-electron chi connectivity index (χ1n) is 10.1. The molecule has 0 saturated carbocycles. The fourth-order valence-electron chi connectivity index (χ4n) is 3.37. The first kappa shape index (κ1) is 20.8. The summed E-state index contributed by atoms with van der Waals surface area (Å²) in [5.74, 6) is 0.128. The molecule has 1 aliphatic heterocycles. The van der Waals surface area contributed by atoms with E-state index >= 15 is 0 Å². The van der Waals surface area contributed by atoms with Crippen molar-refractivity contribution in [2.45, 2.75) is 33.2 Å². The Labute approximate surface area is 171 Å². The molecule has 3 rings (SSSR count). The first-order chi connectivity index (χ1) is 14.0. The third-order valence-electron chi connectivity index (χ3n) is 5.08. The summed E-state index contributed by atoms with van der Waals surface area (Å²) >= 11 is 0. The van der Waals surface area contributed by atoms with Crippen molar-refractivity contribution in [3.05, 3.63) is 65.5 Å². The van der Waals surface area contributed by atoms with E-state index in [0.717, 1.165) is 18.5 Å². The van der Waals surface area contributed by atoms with Crippen molar-refractivity contribution in [1.82, 2.24) is 10.2 Å². The third kappa shape index (κ3) is 5.34. The van der Waals surface area contributed by atoms with Crippen molar-refractivity contribution in [3.8, 4) is 0 Å². The molecule has 1 heterocycles. The van der Waals surface area contributed by atoms with Crippen molar-refractivity contribution in [2.75, 3.05) is 24.5 Å². The summed E-state index contributed by atoms with van der Waals surface area (Å²) in [7, 11) is 0. The van der Waals surface area contributed by atoms with Gasteiger partial charge in [-0.2, -0.15) is 0 Å². The number of amides is 3. The zero-order valence-corrected chi connectivity index (χ0v) is 17.0. The smallest absolute Gasteiger partial charge is 0.324 e. The molecule has 1 N–H and O–H groups in total. The molecule has 5 nitrogen and oxygen atoms in total. The van der Waals surface area contributed by atoms with E-state index < -0.39 is 0 Å². The topological polar surface area (TPSA) is 52.7 Å². The van der Waals surface area contributed by atoms with Crippen molar-refractivity contribution < 1.29 is 14.0 Å². The fraction of sp³-hybridized carbons (Fsp3) is 0.391. The lowest BCUT2D eigenvalue weighted by Gasteiger charge is -2.35. The second-order valence-corrected chi connectivity index (χ2v) is 7.79. The number of nitrogens with zero attached hydrogens (tertiary/aromatic N) is 2. The van der Waals surface area contributed by atoms with Crippen molar-refractivity contribution in [1.29, 1.82) is 0 Å². The maximum Gasteiger partial charge on any atom is 0.324 e. The Morgan fingerprint density at radius 3 is 2.52 bits per heavy atom. The lowest BCUT2D eigenvalue weighted by Crippen LogP contribution is -2.49. The van der Waals surface area contributed by atoms with Crippen molar-refractivity contribution >= 4 is 17.6 Å². The van der Waals surface area contributed by atoms with Gasteiger partial charge in [0, 0.05) is 36.4 Å². The number of nitrogens with one attached hydrogen (secondary N) is 1. The van der Waals surface area contributed by atoms with Gasteiger partial charge in [0.05, 0.1) is 6.54 Å².